The van der Waals surface area contributed by atoms with Gasteiger partial charge in [0.2, 0.25) is 0 Å². The maximum atomic E-state index is 11.9. The molecule has 0 saturated heterocycles. The summed E-state index contributed by atoms with van der Waals surface area (Å²) in [4.78, 5) is 24.4. The van der Waals surface area contributed by atoms with Gasteiger partial charge in [0.25, 0.3) is 0 Å². The molecule has 0 aliphatic rings. The standard InChI is InChI=1S/C16H25N3O4S2/c1-6-22-13(20)11-9-10(2)25-12(11)19-14(24)17-7-8-18-15(21)23-16(3,4)5/h9H,6-8H2,1-5H3,(H,18,21)(H2,17,19,24). The molecule has 0 fully saturated rings. The van der Waals surface area contributed by atoms with Crippen LogP contribution < -0.4 is 16.0 Å². The Morgan fingerprint density at radius 1 is 1.24 bits per heavy atom. The summed E-state index contributed by atoms with van der Waals surface area (Å²) in [6.45, 7) is 10.1. The van der Waals surface area contributed by atoms with Gasteiger partial charge >= 0.3 is 12.1 Å². The van der Waals surface area contributed by atoms with Gasteiger partial charge in [-0.05, 0) is 52.9 Å². The number of thiocarbonyl (C=S) groups is 1. The number of hydrogen-bond donors (Lipinski definition) is 3. The summed E-state index contributed by atoms with van der Waals surface area (Å²) < 4.78 is 10.2. The summed E-state index contributed by atoms with van der Waals surface area (Å²) in [5.74, 6) is -0.385. The number of hydrogen-bond acceptors (Lipinski definition) is 6. The molecule has 0 bridgehead atoms. The maximum absolute atomic E-state index is 11.9. The van der Waals surface area contributed by atoms with Gasteiger partial charge in [-0.3, -0.25) is 0 Å². The number of ether oxygens (including phenoxy) is 2. The van der Waals surface area contributed by atoms with E-state index in [9.17, 15) is 9.59 Å². The molecule has 0 aromatic carbocycles. The van der Waals surface area contributed by atoms with Crippen LogP contribution in [0, 0.1) is 6.92 Å². The molecule has 1 amide bonds. The lowest BCUT2D eigenvalue weighted by molar-refractivity contribution is 0.0517. The molecule has 9 heteroatoms. The van der Waals surface area contributed by atoms with E-state index < -0.39 is 11.7 Å². The zero-order valence-electron chi connectivity index (χ0n) is 15.1. The van der Waals surface area contributed by atoms with Gasteiger partial charge in [-0.15, -0.1) is 11.3 Å². The second-order valence-electron chi connectivity index (χ2n) is 6.13. The van der Waals surface area contributed by atoms with Crippen LogP contribution in [-0.4, -0.2) is 42.5 Å². The average Bonchev–Trinajstić information content (AvgIpc) is 2.82. The molecule has 3 N–H and O–H groups in total. The van der Waals surface area contributed by atoms with Gasteiger partial charge in [0.1, 0.15) is 10.6 Å². The highest BCUT2D eigenvalue weighted by Crippen LogP contribution is 2.28. The SMILES string of the molecule is CCOC(=O)c1cc(C)sc1NC(=S)NCCNC(=O)OC(C)(C)C. The van der Waals surface area contributed by atoms with Crippen molar-refractivity contribution < 1.29 is 19.1 Å². The molecule has 1 aromatic heterocycles. The highest BCUT2D eigenvalue weighted by Gasteiger charge is 2.17. The minimum absolute atomic E-state index is 0.312. The largest absolute Gasteiger partial charge is 0.462 e. The zero-order chi connectivity index (χ0) is 19.0. The molecule has 0 unspecified atom stereocenters. The first-order valence-electron chi connectivity index (χ1n) is 7.91. The van der Waals surface area contributed by atoms with Crippen LogP contribution in [0.2, 0.25) is 0 Å². The third kappa shape index (κ3) is 8.17. The highest BCUT2D eigenvalue weighted by molar-refractivity contribution is 7.80. The first kappa shape index (κ1) is 21.2. The second-order valence-corrected chi connectivity index (χ2v) is 7.79. The van der Waals surface area contributed by atoms with Crippen molar-refractivity contribution in [1.29, 1.82) is 0 Å². The van der Waals surface area contributed by atoms with Gasteiger partial charge < -0.3 is 25.4 Å². The van der Waals surface area contributed by atoms with Gasteiger partial charge in [-0.25, -0.2) is 9.59 Å². The third-order valence-corrected chi connectivity index (χ3v) is 3.87. The quantitative estimate of drug-likeness (QED) is 0.393. The monoisotopic (exact) mass is 387 g/mol. The van der Waals surface area contributed by atoms with Crippen LogP contribution in [0.5, 0.6) is 0 Å². The zero-order valence-corrected chi connectivity index (χ0v) is 16.8. The number of nitrogens with one attached hydrogen (secondary N) is 3. The summed E-state index contributed by atoms with van der Waals surface area (Å²) in [5, 5.41) is 9.57. The van der Waals surface area contributed by atoms with Crippen molar-refractivity contribution in [3.8, 4) is 0 Å². The average molecular weight is 388 g/mol. The van der Waals surface area contributed by atoms with E-state index in [1.54, 1.807) is 33.8 Å². The number of carbonyl (C=O) groups is 2. The van der Waals surface area contributed by atoms with Gasteiger partial charge in [0.05, 0.1) is 12.2 Å². The molecule has 0 radical (unpaired) electrons. The lowest BCUT2D eigenvalue weighted by Crippen LogP contribution is -2.39. The lowest BCUT2D eigenvalue weighted by Gasteiger charge is -2.19. The van der Waals surface area contributed by atoms with E-state index in [0.717, 1.165) is 4.88 Å². The van der Waals surface area contributed by atoms with Crippen LogP contribution in [0.15, 0.2) is 6.07 Å². The van der Waals surface area contributed by atoms with Crippen LogP contribution in [0.25, 0.3) is 0 Å². The fourth-order valence-electron chi connectivity index (χ4n) is 1.77. The maximum Gasteiger partial charge on any atom is 0.407 e. The Morgan fingerprint density at radius 3 is 2.48 bits per heavy atom. The number of thiophene rings is 1. The van der Waals surface area contributed by atoms with Crippen LogP contribution in [0.1, 0.15) is 42.9 Å². The Labute approximate surface area is 157 Å². The molecule has 0 saturated carbocycles. The number of alkyl carbamates (subject to hydrolysis) is 1. The number of esters is 1. The Balaban J connectivity index is 2.43. The summed E-state index contributed by atoms with van der Waals surface area (Å²) in [6.07, 6.45) is -0.480. The molecule has 0 spiro atoms. The third-order valence-electron chi connectivity index (χ3n) is 2.66. The van der Waals surface area contributed by atoms with E-state index in [0.29, 0.717) is 35.4 Å². The van der Waals surface area contributed by atoms with Crippen molar-refractivity contribution in [3.63, 3.8) is 0 Å². The van der Waals surface area contributed by atoms with Crippen molar-refractivity contribution in [3.05, 3.63) is 16.5 Å². The van der Waals surface area contributed by atoms with Crippen LogP contribution in [-0.2, 0) is 9.47 Å². The van der Waals surface area contributed by atoms with E-state index in [1.165, 1.54) is 11.3 Å². The number of anilines is 1. The lowest BCUT2D eigenvalue weighted by atomic mass is 10.2. The Kier molecular flexibility index (Phi) is 8.11. The predicted octanol–water partition coefficient (Wildman–Crippen LogP) is 3.04. The Bertz CT molecular complexity index is 623. The first-order valence-corrected chi connectivity index (χ1v) is 9.14. The fraction of sp³-hybridized carbons (Fsp3) is 0.562. The topological polar surface area (TPSA) is 88.7 Å². The molecule has 0 aliphatic carbocycles. The van der Waals surface area contributed by atoms with Gasteiger partial charge in [0, 0.05) is 18.0 Å². The minimum atomic E-state index is -0.533. The summed E-state index contributed by atoms with van der Waals surface area (Å²) in [7, 11) is 0. The minimum Gasteiger partial charge on any atom is -0.462 e. The smallest absolute Gasteiger partial charge is 0.407 e. The Hall–Kier alpha value is -1.87. The predicted molar refractivity (Wildman–Crippen MR) is 103 cm³/mol. The number of amides is 1. The van der Waals surface area contributed by atoms with Crippen molar-refractivity contribution in [2.24, 2.45) is 0 Å². The van der Waals surface area contributed by atoms with Crippen molar-refractivity contribution >= 4 is 45.7 Å². The first-order chi connectivity index (χ1) is 11.6. The molecule has 0 aliphatic heterocycles. The van der Waals surface area contributed by atoms with E-state index in [1.807, 2.05) is 6.92 Å². The van der Waals surface area contributed by atoms with Crippen LogP contribution in [0.4, 0.5) is 9.80 Å². The van der Waals surface area contributed by atoms with E-state index in [2.05, 4.69) is 16.0 Å². The van der Waals surface area contributed by atoms with E-state index in [-0.39, 0.29) is 5.97 Å². The molecule has 7 nitrogen and oxygen atoms in total. The van der Waals surface area contributed by atoms with Gasteiger partial charge in [-0.2, -0.15) is 0 Å². The van der Waals surface area contributed by atoms with Gasteiger partial charge in [0.15, 0.2) is 5.11 Å². The van der Waals surface area contributed by atoms with Crippen molar-refractivity contribution in [1.82, 2.24) is 10.6 Å². The Morgan fingerprint density at radius 2 is 1.88 bits per heavy atom. The summed E-state index contributed by atoms with van der Waals surface area (Å²) in [6, 6.07) is 1.76. The van der Waals surface area contributed by atoms with Crippen LogP contribution in [0.3, 0.4) is 0 Å². The molecule has 1 heterocycles. The van der Waals surface area contributed by atoms with Crippen molar-refractivity contribution in [2.45, 2.75) is 40.2 Å². The second kappa shape index (κ2) is 9.57. The van der Waals surface area contributed by atoms with Crippen LogP contribution >= 0.6 is 23.6 Å². The molecule has 1 aromatic rings. The van der Waals surface area contributed by atoms with E-state index in [4.69, 9.17) is 21.7 Å². The number of carbonyl (C=O) groups excluding carboxylic acids is 2. The van der Waals surface area contributed by atoms with Gasteiger partial charge in [-0.1, -0.05) is 0 Å². The molecule has 0 atom stereocenters. The summed E-state index contributed by atoms with van der Waals surface area (Å²) in [5.41, 5.74) is -0.0742. The molecule has 1 rings (SSSR count). The summed E-state index contributed by atoms with van der Waals surface area (Å²) >= 11 is 6.63. The molecule has 140 valence electrons. The number of rotatable bonds is 6. The molecular formula is C16H25N3O4S2. The normalized spacial score (nSPS) is 10.8. The van der Waals surface area contributed by atoms with E-state index >= 15 is 0 Å². The van der Waals surface area contributed by atoms with Crippen molar-refractivity contribution in [2.75, 3.05) is 25.0 Å². The molecular weight excluding hydrogens is 362 g/mol. The highest BCUT2D eigenvalue weighted by atomic mass is 32.1. The fourth-order valence-corrected chi connectivity index (χ4v) is 2.94. The number of aryl methyl sites for hydroxylation is 1. The molecule has 25 heavy (non-hydrogen) atoms.